The molecule has 0 radical (unpaired) electrons. The summed E-state index contributed by atoms with van der Waals surface area (Å²) in [5, 5.41) is 3.14. The third-order valence-corrected chi connectivity index (χ3v) is 7.29. The van der Waals surface area contributed by atoms with E-state index in [9.17, 15) is 18.8 Å². The van der Waals surface area contributed by atoms with Crippen molar-refractivity contribution >= 4 is 46.3 Å². The summed E-state index contributed by atoms with van der Waals surface area (Å²) in [7, 11) is 3.14. The fourth-order valence-corrected chi connectivity index (χ4v) is 4.73. The number of rotatable bonds is 14. The molecule has 0 bridgehead atoms. The molecule has 0 spiro atoms. The van der Waals surface area contributed by atoms with E-state index < -0.39 is 17.9 Å². The molecule has 0 aliphatic heterocycles. The lowest BCUT2D eigenvalue weighted by Crippen LogP contribution is -2.33. The Hall–Kier alpha value is -5.33. The largest absolute Gasteiger partial charge is 0.469 e. The van der Waals surface area contributed by atoms with Crippen LogP contribution in [0.25, 0.3) is 11.0 Å². The Labute approximate surface area is 266 Å². The number of hydrogen-bond donors (Lipinski definition) is 2. The Bertz CT molecular complexity index is 1710. The number of halogens is 1. The maximum absolute atomic E-state index is 14.9. The Morgan fingerprint density at radius 2 is 1.91 bits per heavy atom. The van der Waals surface area contributed by atoms with Gasteiger partial charge in [-0.2, -0.15) is 4.99 Å². The van der Waals surface area contributed by atoms with Crippen molar-refractivity contribution in [3.63, 3.8) is 0 Å². The zero-order valence-electron chi connectivity index (χ0n) is 26.2. The molecule has 242 valence electrons. The van der Waals surface area contributed by atoms with E-state index in [1.165, 1.54) is 24.1 Å². The highest BCUT2D eigenvalue weighted by atomic mass is 19.1. The van der Waals surface area contributed by atoms with Crippen molar-refractivity contribution in [3.05, 3.63) is 83.6 Å². The number of amidine groups is 1. The Kier molecular flexibility index (Phi) is 11.8. The summed E-state index contributed by atoms with van der Waals surface area (Å²) in [5.74, 6) is -0.653. The first-order valence-corrected chi connectivity index (χ1v) is 15.0. The minimum absolute atomic E-state index is 0.00711. The number of nitrogens with zero attached hydrogens (tertiary/aromatic N) is 5. The van der Waals surface area contributed by atoms with Crippen LogP contribution in [-0.2, 0) is 27.9 Å². The highest BCUT2D eigenvalue weighted by molar-refractivity contribution is 6.07. The quantitative estimate of drug-likeness (QED) is 0.0811. The van der Waals surface area contributed by atoms with Crippen LogP contribution in [0.3, 0.4) is 0 Å². The number of aromatic nitrogens is 3. The van der Waals surface area contributed by atoms with Gasteiger partial charge in [-0.05, 0) is 55.0 Å². The van der Waals surface area contributed by atoms with Gasteiger partial charge in [0.15, 0.2) is 0 Å². The van der Waals surface area contributed by atoms with Gasteiger partial charge in [-0.25, -0.2) is 19.2 Å². The molecule has 12 nitrogen and oxygen atoms in total. The Morgan fingerprint density at radius 1 is 1.09 bits per heavy atom. The second-order valence-corrected chi connectivity index (χ2v) is 10.5. The first kappa shape index (κ1) is 33.6. The number of aliphatic imine (C=N–C) groups is 1. The lowest BCUT2D eigenvalue weighted by molar-refractivity contribution is -0.140. The fourth-order valence-electron chi connectivity index (χ4n) is 4.73. The minimum atomic E-state index is -0.854. The van der Waals surface area contributed by atoms with E-state index in [1.807, 2.05) is 11.6 Å². The number of aryl methyl sites for hydroxylation is 1. The molecule has 2 aromatic carbocycles. The zero-order chi connectivity index (χ0) is 33.1. The summed E-state index contributed by atoms with van der Waals surface area (Å²) in [6.45, 7) is 2.67. The minimum Gasteiger partial charge on any atom is -0.469 e. The van der Waals surface area contributed by atoms with Crippen molar-refractivity contribution < 1.29 is 28.2 Å². The molecule has 3 N–H and O–H groups in total. The van der Waals surface area contributed by atoms with Crippen molar-refractivity contribution in [1.29, 1.82) is 0 Å². The SMILES string of the molecule is CCCCCCOC(=O)/N=C(/N)c1ccc(NCc2nc3cc(C(=O)N(CCC(=O)OC)c4ccccn4)ccc3n2C)cc1F. The number of anilines is 2. The molecule has 0 atom stereocenters. The van der Waals surface area contributed by atoms with Crippen molar-refractivity contribution in [2.45, 2.75) is 45.6 Å². The van der Waals surface area contributed by atoms with E-state index in [2.05, 4.69) is 27.2 Å². The van der Waals surface area contributed by atoms with Gasteiger partial charge in [0.25, 0.3) is 5.91 Å². The van der Waals surface area contributed by atoms with Gasteiger partial charge in [-0.15, -0.1) is 0 Å². The Morgan fingerprint density at radius 3 is 2.63 bits per heavy atom. The summed E-state index contributed by atoms with van der Waals surface area (Å²) in [6.07, 6.45) is 4.54. The maximum Gasteiger partial charge on any atom is 0.435 e. The van der Waals surface area contributed by atoms with E-state index in [0.717, 1.165) is 31.2 Å². The number of hydrogen-bond acceptors (Lipinski definition) is 8. The van der Waals surface area contributed by atoms with Gasteiger partial charge < -0.3 is 25.1 Å². The molecule has 2 aromatic heterocycles. The van der Waals surface area contributed by atoms with Gasteiger partial charge in [-0.3, -0.25) is 14.5 Å². The van der Waals surface area contributed by atoms with Crippen LogP contribution < -0.4 is 16.0 Å². The van der Waals surface area contributed by atoms with Gasteiger partial charge in [0.1, 0.15) is 23.3 Å². The molecule has 0 aliphatic rings. The van der Waals surface area contributed by atoms with E-state index in [1.54, 1.807) is 48.7 Å². The topological polar surface area (TPSA) is 154 Å². The van der Waals surface area contributed by atoms with Crippen LogP contribution in [0.5, 0.6) is 0 Å². The van der Waals surface area contributed by atoms with Crippen LogP contribution in [-0.4, -0.2) is 58.6 Å². The third-order valence-electron chi connectivity index (χ3n) is 7.29. The van der Waals surface area contributed by atoms with E-state index >= 15 is 0 Å². The molecule has 46 heavy (non-hydrogen) atoms. The number of fused-ring (bicyclic) bond motifs is 1. The molecule has 0 saturated heterocycles. The maximum atomic E-state index is 14.9. The molecule has 13 heteroatoms. The normalized spacial score (nSPS) is 11.3. The average Bonchev–Trinajstić information content (AvgIpc) is 3.38. The van der Waals surface area contributed by atoms with Crippen LogP contribution >= 0.6 is 0 Å². The fraction of sp³-hybridized carbons (Fsp3) is 0.333. The van der Waals surface area contributed by atoms with Crippen molar-refractivity contribution in [1.82, 2.24) is 14.5 Å². The van der Waals surface area contributed by atoms with Crippen molar-refractivity contribution in [2.75, 3.05) is 30.5 Å². The molecule has 0 unspecified atom stereocenters. The standard InChI is InChI=1S/C33H38FN7O5/c1-4-5-6-9-18-46-33(44)39-31(35)24-13-12-23(20-25(24)34)37-21-29-38-26-19-22(11-14-27(26)40(29)2)32(43)41(17-15-30(42)45-3)28-10-7-8-16-36-28/h7-8,10-14,16,19-20,37H,4-6,9,15,17-18,21H2,1-3H3,(H2,35,39,44). The summed E-state index contributed by atoms with van der Waals surface area (Å²) >= 11 is 0. The van der Waals surface area contributed by atoms with E-state index in [4.69, 9.17) is 15.2 Å². The number of ether oxygens (including phenoxy) is 2. The predicted octanol–water partition coefficient (Wildman–Crippen LogP) is 5.35. The van der Waals surface area contributed by atoms with Gasteiger partial charge in [0, 0.05) is 31.0 Å². The number of carbonyl (C=O) groups excluding carboxylic acids is 3. The number of nitrogens with two attached hydrogens (primary N) is 1. The molecular weight excluding hydrogens is 593 g/mol. The zero-order valence-corrected chi connectivity index (χ0v) is 26.2. The first-order chi connectivity index (χ1) is 22.2. The molecule has 0 aliphatic carbocycles. The molecule has 0 fully saturated rings. The van der Waals surface area contributed by atoms with Gasteiger partial charge in [0.2, 0.25) is 0 Å². The molecule has 4 aromatic rings. The van der Waals surface area contributed by atoms with Gasteiger partial charge >= 0.3 is 12.1 Å². The summed E-state index contributed by atoms with van der Waals surface area (Å²) in [4.78, 5) is 51.4. The molecule has 2 amide bonds. The molecular formula is C33H38FN7O5. The number of pyridine rings is 1. The van der Waals surface area contributed by atoms with E-state index in [0.29, 0.717) is 28.4 Å². The lowest BCUT2D eigenvalue weighted by atomic mass is 10.1. The number of methoxy groups -OCH3 is 1. The van der Waals surface area contributed by atoms with Crippen LogP contribution in [0.15, 0.2) is 65.8 Å². The van der Waals surface area contributed by atoms with Crippen molar-refractivity contribution in [2.24, 2.45) is 17.8 Å². The number of benzene rings is 2. The number of esters is 1. The van der Waals surface area contributed by atoms with Crippen LogP contribution in [0.4, 0.5) is 20.7 Å². The summed E-state index contributed by atoms with van der Waals surface area (Å²) < 4.78 is 26.6. The predicted molar refractivity (Wildman–Crippen MR) is 173 cm³/mol. The summed E-state index contributed by atoms with van der Waals surface area (Å²) in [6, 6.07) is 14.7. The first-order valence-electron chi connectivity index (χ1n) is 15.0. The van der Waals surface area contributed by atoms with Crippen LogP contribution in [0.1, 0.15) is 60.8 Å². The smallest absolute Gasteiger partial charge is 0.435 e. The second-order valence-electron chi connectivity index (χ2n) is 10.5. The number of nitrogens with one attached hydrogen (secondary N) is 1. The van der Waals surface area contributed by atoms with Gasteiger partial charge in [0.05, 0.1) is 43.3 Å². The molecule has 2 heterocycles. The van der Waals surface area contributed by atoms with Gasteiger partial charge in [-0.1, -0.05) is 32.3 Å². The second kappa shape index (κ2) is 16.1. The van der Waals surface area contributed by atoms with Crippen molar-refractivity contribution in [3.8, 4) is 0 Å². The lowest BCUT2D eigenvalue weighted by Gasteiger charge is -2.21. The van der Waals surface area contributed by atoms with E-state index in [-0.39, 0.29) is 43.4 Å². The number of imidazole rings is 1. The molecule has 4 rings (SSSR count). The third kappa shape index (κ3) is 8.65. The monoisotopic (exact) mass is 631 g/mol. The highest BCUT2D eigenvalue weighted by Crippen LogP contribution is 2.22. The average molecular weight is 632 g/mol. The Balaban J connectivity index is 1.44. The highest BCUT2D eigenvalue weighted by Gasteiger charge is 2.21. The number of amides is 2. The van der Waals surface area contributed by atoms with Crippen LogP contribution in [0, 0.1) is 5.82 Å². The number of unbranched alkanes of at least 4 members (excludes halogenated alkanes) is 3. The number of carbonyl (C=O) groups is 3. The summed E-state index contributed by atoms with van der Waals surface area (Å²) in [5.41, 5.74) is 8.07. The van der Waals surface area contributed by atoms with Crippen LogP contribution in [0.2, 0.25) is 0 Å². The molecule has 0 saturated carbocycles.